The van der Waals surface area contributed by atoms with E-state index in [2.05, 4.69) is 23.3 Å². The van der Waals surface area contributed by atoms with Gasteiger partial charge in [-0.25, -0.2) is 9.59 Å². The molecule has 2 fully saturated rings. The summed E-state index contributed by atoms with van der Waals surface area (Å²) in [6.07, 6.45) is 2.94. The van der Waals surface area contributed by atoms with Crippen LogP contribution in [0.4, 0.5) is 9.59 Å². The minimum atomic E-state index is -4.34. The third-order valence-electron chi connectivity index (χ3n) is 10.4. The molecule has 1 aliphatic carbocycles. The first-order chi connectivity index (χ1) is 23.4. The van der Waals surface area contributed by atoms with Gasteiger partial charge in [-0.1, -0.05) is 65.3 Å². The van der Waals surface area contributed by atoms with Crippen molar-refractivity contribution in [1.29, 1.82) is 0 Å². The number of hydrogen-bond acceptors (Lipinski definition) is 8. The smallest absolute Gasteiger partial charge is 0.410 e. The van der Waals surface area contributed by atoms with Crippen molar-refractivity contribution in [2.75, 3.05) is 19.8 Å². The Kier molecular flexibility index (Phi) is 10.8. The van der Waals surface area contributed by atoms with Crippen LogP contribution >= 0.6 is 7.60 Å². The Morgan fingerprint density at radius 1 is 1.20 bits per heavy atom. The number of ether oxygens (including phenoxy) is 2. The number of nitrogens with one attached hydrogen (secondary N) is 2. The number of benzene rings is 1. The highest BCUT2D eigenvalue weighted by Crippen LogP contribution is 2.70. The highest BCUT2D eigenvalue weighted by molar-refractivity contribution is 7.55. The molecule has 0 spiro atoms. The van der Waals surface area contributed by atoms with Crippen LogP contribution in [0.5, 0.6) is 0 Å². The van der Waals surface area contributed by atoms with Gasteiger partial charge in [0.05, 0.1) is 19.8 Å². The van der Waals surface area contributed by atoms with E-state index in [-0.39, 0.29) is 38.0 Å². The van der Waals surface area contributed by atoms with Crippen LogP contribution in [0.2, 0.25) is 0 Å². The lowest BCUT2D eigenvalue weighted by Gasteiger charge is -2.36. The first-order valence-corrected chi connectivity index (χ1v) is 19.2. The number of amides is 4. The van der Waals surface area contributed by atoms with E-state index >= 15 is 0 Å². The van der Waals surface area contributed by atoms with Crippen LogP contribution in [-0.2, 0) is 47.7 Å². The molecule has 4 bridgehead atoms. The normalized spacial score (nSPS) is 30.0. The van der Waals surface area contributed by atoms with E-state index in [0.717, 1.165) is 36.8 Å². The Morgan fingerprint density at radius 3 is 2.58 bits per heavy atom. The van der Waals surface area contributed by atoms with E-state index in [9.17, 15) is 28.6 Å². The van der Waals surface area contributed by atoms with Crippen molar-refractivity contribution in [3.05, 3.63) is 47.5 Å². The molecule has 1 aromatic rings. The fraction of sp³-hybridized carbons (Fsp3) is 0.667. The molecule has 5 rings (SSSR count). The lowest BCUT2D eigenvalue weighted by molar-refractivity contribution is -0.142. The Hall–Kier alpha value is -3.41. The number of aryl methyl sites for hydroxylation is 1. The van der Waals surface area contributed by atoms with Crippen molar-refractivity contribution in [3.63, 3.8) is 0 Å². The number of nitrogens with zero attached hydrogens (tertiary/aromatic N) is 2. The second-order valence-electron chi connectivity index (χ2n) is 15.9. The molecule has 1 saturated heterocycles. The van der Waals surface area contributed by atoms with Crippen molar-refractivity contribution >= 4 is 31.6 Å². The third-order valence-corrected chi connectivity index (χ3v) is 12.6. The molecule has 3 N–H and O–H groups in total. The Bertz CT molecular complexity index is 1560. The maximum atomic E-state index is 14.4. The molecule has 13 nitrogen and oxygen atoms in total. The Balaban J connectivity index is 1.46. The zero-order valence-corrected chi connectivity index (χ0v) is 31.1. The average Bonchev–Trinajstić information content (AvgIpc) is 3.35. The van der Waals surface area contributed by atoms with Crippen molar-refractivity contribution in [1.82, 2.24) is 20.4 Å². The fourth-order valence-corrected chi connectivity index (χ4v) is 9.14. The van der Waals surface area contributed by atoms with Crippen LogP contribution < -0.4 is 10.6 Å². The van der Waals surface area contributed by atoms with Gasteiger partial charge < -0.3 is 34.4 Å². The van der Waals surface area contributed by atoms with Crippen molar-refractivity contribution < 1.29 is 42.6 Å². The van der Waals surface area contributed by atoms with Gasteiger partial charge in [0.1, 0.15) is 23.5 Å². The summed E-state index contributed by atoms with van der Waals surface area (Å²) in [4.78, 5) is 69.1. The van der Waals surface area contributed by atoms with E-state index in [1.165, 1.54) is 16.5 Å². The lowest BCUT2D eigenvalue weighted by Crippen LogP contribution is -2.58. The first-order valence-electron chi connectivity index (χ1n) is 17.6. The molecule has 6 atom stereocenters. The summed E-state index contributed by atoms with van der Waals surface area (Å²) in [5.74, 6) is -1.78. The number of cyclic esters (lactones) is 1. The molecular weight excluding hydrogens is 663 g/mol. The molecular formula is C36H53N4O9P. The molecule has 14 heteroatoms. The van der Waals surface area contributed by atoms with E-state index in [0.29, 0.717) is 13.1 Å². The maximum Gasteiger partial charge on any atom is 0.410 e. The van der Waals surface area contributed by atoms with Crippen LogP contribution in [0.3, 0.4) is 0 Å². The minimum Gasteiger partial charge on any atom is -0.449 e. The SMILES string of the molecule is C=CC1CC1(NC(=O)[C@@H]1C[C@@H]2CN1C(=O)[C@H](C(C)(C)C)NC(=O)OCC(C)(C)CCCCc1cccc3c1CN(C3)C(=O)O2)P(=O)(O)OCC. The quantitative estimate of drug-likeness (QED) is 0.264. The van der Waals surface area contributed by atoms with Gasteiger partial charge in [0.25, 0.3) is 0 Å². The number of fused-ring (bicyclic) bond motifs is 3. The molecule has 0 radical (unpaired) electrons. The number of rotatable bonds is 6. The molecule has 276 valence electrons. The predicted octanol–water partition coefficient (Wildman–Crippen LogP) is 5.24. The van der Waals surface area contributed by atoms with Gasteiger partial charge >= 0.3 is 19.8 Å². The molecule has 0 aromatic heterocycles. The highest BCUT2D eigenvalue weighted by Gasteiger charge is 2.67. The van der Waals surface area contributed by atoms with Crippen molar-refractivity contribution in [2.45, 2.75) is 117 Å². The highest BCUT2D eigenvalue weighted by atomic mass is 31.2. The number of hydrogen-bond donors (Lipinski definition) is 3. The molecule has 3 aliphatic heterocycles. The van der Waals surface area contributed by atoms with Crippen LogP contribution in [0.25, 0.3) is 0 Å². The number of carbonyl (C=O) groups excluding carboxylic acids is 4. The van der Waals surface area contributed by atoms with Gasteiger partial charge in [-0.05, 0) is 60.1 Å². The number of alkyl carbamates (subject to hydrolysis) is 1. The van der Waals surface area contributed by atoms with Gasteiger partial charge in [-0.15, -0.1) is 6.58 Å². The van der Waals surface area contributed by atoms with E-state index in [1.54, 1.807) is 32.6 Å². The first kappa shape index (κ1) is 37.8. The molecule has 4 aliphatic rings. The standard InChI is InChI=1S/C36H53N4O9P/c1-8-25-18-36(25,50(45,46)48-9-2)38-30(41)28-17-26-20-40(28)31(42)29(34(3,4)5)37-32(43)47-22-35(6,7)16-11-10-13-23-14-12-15-24-19-39(21-27(23)24)33(44)49-26/h8,12,14-15,25-26,28-29H,1,9-11,13,16-22H2,2-7H3,(H,37,43)(H,38,41)(H,45,46)/t25?,26-,28+,29-,36?/m1/s1. The average molecular weight is 717 g/mol. The van der Waals surface area contributed by atoms with Gasteiger partial charge in [-0.2, -0.15) is 0 Å². The van der Waals surface area contributed by atoms with Gasteiger partial charge in [-0.3, -0.25) is 19.1 Å². The molecule has 50 heavy (non-hydrogen) atoms. The second kappa shape index (κ2) is 14.3. The summed E-state index contributed by atoms with van der Waals surface area (Å²) in [7, 11) is -4.34. The molecule has 3 unspecified atom stereocenters. The zero-order valence-electron chi connectivity index (χ0n) is 30.2. The van der Waals surface area contributed by atoms with E-state index in [4.69, 9.17) is 14.0 Å². The Morgan fingerprint density at radius 2 is 1.92 bits per heavy atom. The van der Waals surface area contributed by atoms with Crippen molar-refractivity contribution in [2.24, 2.45) is 16.7 Å². The maximum absolute atomic E-state index is 14.4. The van der Waals surface area contributed by atoms with Crippen molar-refractivity contribution in [3.8, 4) is 0 Å². The topological polar surface area (TPSA) is 164 Å². The molecule has 1 saturated carbocycles. The minimum absolute atomic E-state index is 0.0462. The third kappa shape index (κ3) is 7.90. The summed E-state index contributed by atoms with van der Waals surface area (Å²) in [6, 6.07) is 3.82. The van der Waals surface area contributed by atoms with Crippen LogP contribution in [0.15, 0.2) is 30.9 Å². The molecule has 4 amide bonds. The van der Waals surface area contributed by atoms with Gasteiger partial charge in [0, 0.05) is 25.4 Å². The van der Waals surface area contributed by atoms with Crippen LogP contribution in [0.1, 0.15) is 90.3 Å². The second-order valence-corrected chi connectivity index (χ2v) is 18.0. The summed E-state index contributed by atoms with van der Waals surface area (Å²) < 4.78 is 30.2. The van der Waals surface area contributed by atoms with Crippen LogP contribution in [-0.4, -0.2) is 81.9 Å². The van der Waals surface area contributed by atoms with E-state index in [1.807, 2.05) is 26.0 Å². The van der Waals surface area contributed by atoms with Gasteiger partial charge in [0.2, 0.25) is 11.8 Å². The Labute approximate surface area is 295 Å². The van der Waals surface area contributed by atoms with Gasteiger partial charge in [0.15, 0.2) is 0 Å². The summed E-state index contributed by atoms with van der Waals surface area (Å²) in [5.41, 5.74) is 2.24. The van der Waals surface area contributed by atoms with Crippen LogP contribution in [0, 0.1) is 16.7 Å². The lowest BCUT2D eigenvalue weighted by atomic mass is 9.85. The molecule has 1 aromatic carbocycles. The monoisotopic (exact) mass is 716 g/mol. The molecule has 3 heterocycles. The summed E-state index contributed by atoms with van der Waals surface area (Å²) in [6.45, 7) is 15.5. The predicted molar refractivity (Wildman–Crippen MR) is 186 cm³/mol. The summed E-state index contributed by atoms with van der Waals surface area (Å²) in [5, 5.41) is 3.89. The zero-order chi connectivity index (χ0) is 36.6. The van der Waals surface area contributed by atoms with E-state index < -0.39 is 66.4 Å². The fourth-order valence-electron chi connectivity index (χ4n) is 7.35. The number of carbonyl (C=O) groups is 4. The largest absolute Gasteiger partial charge is 0.449 e. The summed E-state index contributed by atoms with van der Waals surface area (Å²) >= 11 is 0.